The van der Waals surface area contributed by atoms with Gasteiger partial charge in [-0.1, -0.05) is 44.2 Å². The summed E-state index contributed by atoms with van der Waals surface area (Å²) in [4.78, 5) is 0. The highest BCUT2D eigenvalue weighted by Crippen LogP contribution is 2.08. The third kappa shape index (κ3) is 2.97. The summed E-state index contributed by atoms with van der Waals surface area (Å²) in [7, 11) is -1.17. The van der Waals surface area contributed by atoms with Gasteiger partial charge in [-0.2, -0.15) is 0 Å². The lowest BCUT2D eigenvalue weighted by Gasteiger charge is -2.18. The molecule has 0 heterocycles. The maximum atomic E-state index is 5.83. The molecule has 0 spiro atoms. The van der Waals surface area contributed by atoms with Crippen LogP contribution in [0.2, 0.25) is 5.54 Å². The summed E-state index contributed by atoms with van der Waals surface area (Å²) in [5.74, 6) is 0. The van der Waals surface area contributed by atoms with E-state index in [2.05, 4.69) is 51.1 Å². The van der Waals surface area contributed by atoms with Crippen LogP contribution in [0.4, 0.5) is 0 Å². The second kappa shape index (κ2) is 5.20. The highest BCUT2D eigenvalue weighted by molar-refractivity contribution is 6.68. The molecule has 0 fully saturated rings. The van der Waals surface area contributed by atoms with Gasteiger partial charge in [-0.05, 0) is 17.7 Å². The van der Waals surface area contributed by atoms with Crippen LogP contribution in [0.25, 0.3) is 0 Å². The van der Waals surface area contributed by atoms with Gasteiger partial charge < -0.3 is 4.43 Å². The van der Waals surface area contributed by atoms with Crippen LogP contribution in [0.5, 0.6) is 0 Å². The van der Waals surface area contributed by atoms with Gasteiger partial charge in [-0.25, -0.2) is 0 Å². The summed E-state index contributed by atoms with van der Waals surface area (Å²) in [5.41, 5.74) is 0.669. The number of hydrogen-bond acceptors (Lipinski definition) is 1. The molecule has 0 amide bonds. The molecule has 0 aliphatic rings. The van der Waals surface area contributed by atoms with Crippen molar-refractivity contribution in [3.05, 3.63) is 30.3 Å². The van der Waals surface area contributed by atoms with Crippen LogP contribution in [-0.2, 0) is 4.43 Å². The minimum absolute atomic E-state index is 0.669. The van der Waals surface area contributed by atoms with Crippen molar-refractivity contribution in [3.63, 3.8) is 0 Å². The molecule has 1 nitrogen and oxygen atoms in total. The first-order valence-electron chi connectivity index (χ1n) is 4.92. The topological polar surface area (TPSA) is 9.23 Å². The van der Waals surface area contributed by atoms with Crippen LogP contribution in [-0.4, -0.2) is 15.6 Å². The molecule has 1 atom stereocenters. The summed E-state index contributed by atoms with van der Waals surface area (Å²) < 4.78 is 5.83. The molecule has 1 aromatic rings. The molecule has 72 valence electrons. The smallest absolute Gasteiger partial charge is 0.210 e. The second-order valence-corrected chi connectivity index (χ2v) is 6.71. The largest absolute Gasteiger partial charge is 0.415 e. The third-order valence-corrected chi connectivity index (χ3v) is 5.03. The van der Waals surface area contributed by atoms with Gasteiger partial charge in [-0.15, -0.1) is 0 Å². The van der Waals surface area contributed by atoms with Crippen molar-refractivity contribution in [2.24, 2.45) is 0 Å². The zero-order chi connectivity index (χ0) is 9.68. The molecule has 1 unspecified atom stereocenters. The summed E-state index contributed by atoms with van der Waals surface area (Å²) in [6, 6.07) is 10.6. The van der Waals surface area contributed by atoms with Gasteiger partial charge in [0, 0.05) is 6.61 Å². The van der Waals surface area contributed by atoms with Gasteiger partial charge in [0.15, 0.2) is 0 Å². The SMILES string of the molecule is CCO[SiH](c1ccccc1)C(C)C. The second-order valence-electron chi connectivity index (χ2n) is 3.53. The van der Waals surface area contributed by atoms with E-state index in [1.165, 1.54) is 5.19 Å². The molecule has 0 bridgehead atoms. The Morgan fingerprint density at radius 1 is 1.23 bits per heavy atom. The van der Waals surface area contributed by atoms with Gasteiger partial charge in [0.2, 0.25) is 9.04 Å². The van der Waals surface area contributed by atoms with E-state index >= 15 is 0 Å². The first kappa shape index (κ1) is 10.5. The molecule has 0 N–H and O–H groups in total. The van der Waals surface area contributed by atoms with Crippen molar-refractivity contribution in [1.29, 1.82) is 0 Å². The van der Waals surface area contributed by atoms with Gasteiger partial charge in [0.05, 0.1) is 0 Å². The van der Waals surface area contributed by atoms with Crippen molar-refractivity contribution in [2.75, 3.05) is 6.61 Å². The van der Waals surface area contributed by atoms with Gasteiger partial charge in [0.1, 0.15) is 0 Å². The number of benzene rings is 1. The minimum Gasteiger partial charge on any atom is -0.415 e. The van der Waals surface area contributed by atoms with Crippen molar-refractivity contribution in [3.8, 4) is 0 Å². The zero-order valence-electron chi connectivity index (χ0n) is 8.66. The van der Waals surface area contributed by atoms with Crippen molar-refractivity contribution < 1.29 is 4.43 Å². The van der Waals surface area contributed by atoms with Crippen LogP contribution in [0.15, 0.2) is 30.3 Å². The average Bonchev–Trinajstić information content (AvgIpc) is 2.15. The maximum absolute atomic E-state index is 5.83. The first-order chi connectivity index (χ1) is 6.25. The van der Waals surface area contributed by atoms with E-state index in [-0.39, 0.29) is 0 Å². The van der Waals surface area contributed by atoms with Gasteiger partial charge in [-0.3, -0.25) is 0 Å². The van der Waals surface area contributed by atoms with Crippen molar-refractivity contribution in [1.82, 2.24) is 0 Å². The van der Waals surface area contributed by atoms with E-state index in [1.54, 1.807) is 0 Å². The molecule has 0 radical (unpaired) electrons. The summed E-state index contributed by atoms with van der Waals surface area (Å²) in [5, 5.41) is 1.42. The molecule has 0 saturated heterocycles. The number of hydrogen-bond donors (Lipinski definition) is 0. The lowest BCUT2D eigenvalue weighted by atomic mass is 10.4. The molecule has 0 aliphatic carbocycles. The van der Waals surface area contributed by atoms with Crippen LogP contribution in [0.3, 0.4) is 0 Å². The maximum Gasteiger partial charge on any atom is 0.210 e. The Morgan fingerprint density at radius 2 is 1.85 bits per heavy atom. The molecule has 0 aromatic heterocycles. The van der Waals surface area contributed by atoms with Crippen molar-refractivity contribution >= 4 is 14.2 Å². The van der Waals surface area contributed by atoms with E-state index in [0.29, 0.717) is 5.54 Å². The Bertz CT molecular complexity index is 233. The zero-order valence-corrected chi connectivity index (χ0v) is 9.81. The molecule has 1 rings (SSSR count). The summed E-state index contributed by atoms with van der Waals surface area (Å²) in [6.07, 6.45) is 0. The Morgan fingerprint density at radius 3 is 2.31 bits per heavy atom. The van der Waals surface area contributed by atoms with Crippen LogP contribution in [0, 0.1) is 0 Å². The van der Waals surface area contributed by atoms with E-state index < -0.39 is 9.04 Å². The standard InChI is InChI=1S/C11H18OSi/c1-4-12-13(10(2)3)11-8-6-5-7-9-11/h5-10,13H,4H2,1-3H3. The quantitative estimate of drug-likeness (QED) is 0.667. The fourth-order valence-electron chi connectivity index (χ4n) is 1.50. The predicted octanol–water partition coefficient (Wildman–Crippen LogP) is 2.06. The Kier molecular flexibility index (Phi) is 4.19. The lowest BCUT2D eigenvalue weighted by molar-refractivity contribution is 0.344. The summed E-state index contributed by atoms with van der Waals surface area (Å²) in [6.45, 7) is 7.41. The fourth-order valence-corrected chi connectivity index (χ4v) is 3.80. The van der Waals surface area contributed by atoms with Gasteiger partial charge in [0.25, 0.3) is 0 Å². The lowest BCUT2D eigenvalue weighted by Crippen LogP contribution is -2.36. The molecular formula is C11H18OSi. The molecule has 13 heavy (non-hydrogen) atoms. The van der Waals surface area contributed by atoms with E-state index in [0.717, 1.165) is 6.61 Å². The Labute approximate surface area is 82.5 Å². The molecule has 1 aromatic carbocycles. The highest BCUT2D eigenvalue weighted by atomic mass is 28.3. The highest BCUT2D eigenvalue weighted by Gasteiger charge is 2.17. The van der Waals surface area contributed by atoms with E-state index in [9.17, 15) is 0 Å². The van der Waals surface area contributed by atoms with E-state index in [4.69, 9.17) is 4.43 Å². The Hall–Kier alpha value is -0.603. The van der Waals surface area contributed by atoms with Crippen LogP contribution < -0.4 is 5.19 Å². The monoisotopic (exact) mass is 194 g/mol. The fraction of sp³-hybridized carbons (Fsp3) is 0.455. The summed E-state index contributed by atoms with van der Waals surface area (Å²) >= 11 is 0. The van der Waals surface area contributed by atoms with Crippen LogP contribution in [0.1, 0.15) is 20.8 Å². The Balaban J connectivity index is 2.76. The van der Waals surface area contributed by atoms with E-state index in [1.807, 2.05) is 0 Å². The predicted molar refractivity (Wildman–Crippen MR) is 59.9 cm³/mol. The molecule has 0 saturated carbocycles. The van der Waals surface area contributed by atoms with Gasteiger partial charge >= 0.3 is 0 Å². The minimum atomic E-state index is -1.17. The molecule has 2 heteroatoms. The first-order valence-corrected chi connectivity index (χ1v) is 6.63. The normalized spacial score (nSPS) is 13.2. The van der Waals surface area contributed by atoms with Crippen molar-refractivity contribution in [2.45, 2.75) is 26.3 Å². The third-order valence-electron chi connectivity index (χ3n) is 2.08. The molecular weight excluding hydrogens is 176 g/mol. The number of rotatable bonds is 4. The average molecular weight is 194 g/mol. The molecule has 0 aliphatic heterocycles. The van der Waals surface area contributed by atoms with Crippen LogP contribution >= 0.6 is 0 Å².